The van der Waals surface area contributed by atoms with Crippen LogP contribution in [-0.2, 0) is 11.2 Å². The van der Waals surface area contributed by atoms with E-state index in [1.165, 1.54) is 10.8 Å². The lowest BCUT2D eigenvalue weighted by Gasteiger charge is -2.16. The van der Waals surface area contributed by atoms with Gasteiger partial charge in [0.15, 0.2) is 0 Å². The molecule has 0 aromatic heterocycles. The van der Waals surface area contributed by atoms with Crippen molar-refractivity contribution in [2.75, 3.05) is 5.73 Å². The fraction of sp³-hybridized carbons (Fsp3) is 0.312. The van der Waals surface area contributed by atoms with E-state index in [9.17, 15) is 4.79 Å². The number of anilines is 1. The molecule has 0 radical (unpaired) electrons. The van der Waals surface area contributed by atoms with Gasteiger partial charge < -0.3 is 11.1 Å². The summed E-state index contributed by atoms with van der Waals surface area (Å²) in [7, 11) is 0. The minimum absolute atomic E-state index is 0.0753. The third kappa shape index (κ3) is 3.05. The highest BCUT2D eigenvalue weighted by atomic mass is 16.1. The van der Waals surface area contributed by atoms with Gasteiger partial charge in [-0.05, 0) is 35.7 Å². The van der Waals surface area contributed by atoms with Crippen LogP contribution in [0.1, 0.15) is 25.8 Å². The van der Waals surface area contributed by atoms with Crippen LogP contribution in [0.15, 0.2) is 36.4 Å². The Morgan fingerprint density at radius 2 is 2.00 bits per heavy atom. The van der Waals surface area contributed by atoms with E-state index < -0.39 is 0 Å². The number of rotatable bonds is 4. The molecule has 1 atom stereocenters. The Kier molecular flexibility index (Phi) is 4.05. The highest BCUT2D eigenvalue weighted by Crippen LogP contribution is 2.25. The second-order valence-electron chi connectivity index (χ2n) is 4.88. The molecule has 0 aliphatic carbocycles. The van der Waals surface area contributed by atoms with Gasteiger partial charge in [-0.15, -0.1) is 0 Å². The molecule has 0 spiro atoms. The van der Waals surface area contributed by atoms with E-state index in [1.807, 2.05) is 38.1 Å². The van der Waals surface area contributed by atoms with Gasteiger partial charge in [-0.3, -0.25) is 4.79 Å². The summed E-state index contributed by atoms with van der Waals surface area (Å²) in [4.78, 5) is 11.4. The molecule has 0 saturated carbocycles. The lowest BCUT2D eigenvalue weighted by molar-refractivity contribution is -0.121. The summed E-state index contributed by atoms with van der Waals surface area (Å²) in [5.74, 6) is 0.0753. The van der Waals surface area contributed by atoms with E-state index in [1.54, 1.807) is 0 Å². The topological polar surface area (TPSA) is 55.1 Å². The standard InChI is InChI=1S/C16H20N2O/c1-3-16(19)18-11(2)10-14-13-7-5-4-6-12(13)8-9-15(14)17/h4-9,11H,3,10,17H2,1-2H3,(H,18,19). The van der Waals surface area contributed by atoms with Crippen LogP contribution in [0.3, 0.4) is 0 Å². The zero-order chi connectivity index (χ0) is 13.8. The number of hydrogen-bond acceptors (Lipinski definition) is 2. The molecule has 0 fully saturated rings. The van der Waals surface area contributed by atoms with E-state index in [-0.39, 0.29) is 11.9 Å². The van der Waals surface area contributed by atoms with Gasteiger partial charge in [0.2, 0.25) is 5.91 Å². The Labute approximate surface area is 113 Å². The van der Waals surface area contributed by atoms with E-state index in [0.717, 1.165) is 17.7 Å². The lowest BCUT2D eigenvalue weighted by atomic mass is 9.97. The molecule has 0 saturated heterocycles. The minimum atomic E-state index is 0.0753. The molecular formula is C16H20N2O. The van der Waals surface area contributed by atoms with Crippen LogP contribution in [-0.4, -0.2) is 11.9 Å². The Balaban J connectivity index is 2.29. The van der Waals surface area contributed by atoms with Crippen LogP contribution in [0.2, 0.25) is 0 Å². The SMILES string of the molecule is CCC(=O)NC(C)Cc1c(N)ccc2ccccc12. The Morgan fingerprint density at radius 1 is 1.26 bits per heavy atom. The van der Waals surface area contributed by atoms with Crippen LogP contribution in [0.25, 0.3) is 10.8 Å². The number of nitrogens with two attached hydrogens (primary N) is 1. The summed E-state index contributed by atoms with van der Waals surface area (Å²) in [5.41, 5.74) is 7.99. The second kappa shape index (κ2) is 5.74. The number of fused-ring (bicyclic) bond motifs is 1. The molecule has 0 aliphatic heterocycles. The summed E-state index contributed by atoms with van der Waals surface area (Å²) in [6, 6.07) is 12.2. The van der Waals surface area contributed by atoms with Crippen LogP contribution in [0, 0.1) is 0 Å². The fourth-order valence-corrected chi connectivity index (χ4v) is 2.31. The quantitative estimate of drug-likeness (QED) is 0.826. The number of hydrogen-bond donors (Lipinski definition) is 2. The van der Waals surface area contributed by atoms with Crippen molar-refractivity contribution in [1.29, 1.82) is 0 Å². The minimum Gasteiger partial charge on any atom is -0.398 e. The highest BCUT2D eigenvalue weighted by molar-refractivity contribution is 5.89. The summed E-state index contributed by atoms with van der Waals surface area (Å²) >= 11 is 0. The number of amides is 1. The fourth-order valence-electron chi connectivity index (χ4n) is 2.31. The monoisotopic (exact) mass is 256 g/mol. The van der Waals surface area contributed by atoms with Crippen molar-refractivity contribution in [2.24, 2.45) is 0 Å². The van der Waals surface area contributed by atoms with Crippen molar-refractivity contribution in [3.05, 3.63) is 42.0 Å². The molecule has 0 heterocycles. The van der Waals surface area contributed by atoms with Crippen molar-refractivity contribution >= 4 is 22.4 Å². The van der Waals surface area contributed by atoms with Gasteiger partial charge in [0.1, 0.15) is 0 Å². The highest BCUT2D eigenvalue weighted by Gasteiger charge is 2.11. The summed E-state index contributed by atoms with van der Waals surface area (Å²) in [5, 5.41) is 5.32. The van der Waals surface area contributed by atoms with Crippen molar-refractivity contribution < 1.29 is 4.79 Å². The number of benzene rings is 2. The van der Waals surface area contributed by atoms with Gasteiger partial charge >= 0.3 is 0 Å². The molecule has 3 nitrogen and oxygen atoms in total. The average molecular weight is 256 g/mol. The first-order valence-corrected chi connectivity index (χ1v) is 6.67. The number of nitrogen functional groups attached to an aromatic ring is 1. The predicted octanol–water partition coefficient (Wildman–Crippen LogP) is 2.88. The molecule has 2 aromatic rings. The van der Waals surface area contributed by atoms with Crippen LogP contribution < -0.4 is 11.1 Å². The Hall–Kier alpha value is -2.03. The molecule has 3 N–H and O–H groups in total. The van der Waals surface area contributed by atoms with Gasteiger partial charge in [0, 0.05) is 18.2 Å². The maximum absolute atomic E-state index is 11.4. The smallest absolute Gasteiger partial charge is 0.219 e. The molecule has 19 heavy (non-hydrogen) atoms. The van der Waals surface area contributed by atoms with Gasteiger partial charge in [-0.1, -0.05) is 37.3 Å². The molecular weight excluding hydrogens is 236 g/mol. The van der Waals surface area contributed by atoms with E-state index >= 15 is 0 Å². The second-order valence-corrected chi connectivity index (χ2v) is 4.88. The lowest BCUT2D eigenvalue weighted by Crippen LogP contribution is -2.33. The maximum atomic E-state index is 11.4. The van der Waals surface area contributed by atoms with Crippen molar-refractivity contribution in [2.45, 2.75) is 32.7 Å². The van der Waals surface area contributed by atoms with E-state index in [0.29, 0.717) is 6.42 Å². The molecule has 2 aromatic carbocycles. The zero-order valence-electron chi connectivity index (χ0n) is 11.4. The van der Waals surface area contributed by atoms with Crippen molar-refractivity contribution in [1.82, 2.24) is 5.32 Å². The average Bonchev–Trinajstić information content (AvgIpc) is 2.42. The zero-order valence-corrected chi connectivity index (χ0v) is 11.4. The Morgan fingerprint density at radius 3 is 2.74 bits per heavy atom. The summed E-state index contributed by atoms with van der Waals surface area (Å²) < 4.78 is 0. The predicted molar refractivity (Wildman–Crippen MR) is 80.0 cm³/mol. The number of nitrogens with one attached hydrogen (secondary N) is 1. The van der Waals surface area contributed by atoms with Gasteiger partial charge in [-0.2, -0.15) is 0 Å². The molecule has 1 unspecified atom stereocenters. The molecule has 2 rings (SSSR count). The van der Waals surface area contributed by atoms with E-state index in [4.69, 9.17) is 5.73 Å². The van der Waals surface area contributed by atoms with Crippen molar-refractivity contribution in [3.63, 3.8) is 0 Å². The van der Waals surface area contributed by atoms with Crippen LogP contribution >= 0.6 is 0 Å². The van der Waals surface area contributed by atoms with Crippen LogP contribution in [0.5, 0.6) is 0 Å². The maximum Gasteiger partial charge on any atom is 0.219 e. The Bertz CT molecular complexity index is 592. The molecule has 0 aliphatic rings. The number of carbonyl (C=O) groups excluding carboxylic acids is 1. The van der Waals surface area contributed by atoms with Gasteiger partial charge in [-0.25, -0.2) is 0 Å². The first kappa shape index (κ1) is 13.4. The van der Waals surface area contributed by atoms with Crippen LogP contribution in [0.4, 0.5) is 5.69 Å². The summed E-state index contributed by atoms with van der Waals surface area (Å²) in [6.45, 7) is 3.86. The third-order valence-corrected chi connectivity index (χ3v) is 3.32. The number of carbonyl (C=O) groups is 1. The van der Waals surface area contributed by atoms with Gasteiger partial charge in [0.25, 0.3) is 0 Å². The molecule has 0 bridgehead atoms. The largest absolute Gasteiger partial charge is 0.398 e. The third-order valence-electron chi connectivity index (χ3n) is 3.32. The normalized spacial score (nSPS) is 12.3. The van der Waals surface area contributed by atoms with Gasteiger partial charge in [0.05, 0.1) is 0 Å². The molecule has 3 heteroatoms. The first-order valence-electron chi connectivity index (χ1n) is 6.67. The van der Waals surface area contributed by atoms with Crippen molar-refractivity contribution in [3.8, 4) is 0 Å². The van der Waals surface area contributed by atoms with E-state index in [2.05, 4.69) is 17.4 Å². The molecule has 100 valence electrons. The first-order chi connectivity index (χ1) is 9.11. The summed E-state index contributed by atoms with van der Waals surface area (Å²) in [6.07, 6.45) is 1.26. The molecule has 1 amide bonds.